The Morgan fingerprint density at radius 1 is 1.29 bits per heavy atom. The first-order valence-corrected chi connectivity index (χ1v) is 8.23. The van der Waals surface area contributed by atoms with Crippen LogP contribution in [-0.4, -0.2) is 29.6 Å². The lowest BCUT2D eigenvalue weighted by atomic mass is 10.2. The predicted molar refractivity (Wildman–Crippen MR) is 96.1 cm³/mol. The van der Waals surface area contributed by atoms with Crippen molar-refractivity contribution in [3.63, 3.8) is 0 Å². The van der Waals surface area contributed by atoms with Crippen LogP contribution in [0.5, 0.6) is 0 Å². The highest BCUT2D eigenvalue weighted by molar-refractivity contribution is 6.33. The van der Waals surface area contributed by atoms with E-state index in [0.29, 0.717) is 22.2 Å². The molecule has 0 radical (unpaired) electrons. The second-order valence-corrected chi connectivity index (χ2v) is 5.62. The average molecular weight is 349 g/mol. The summed E-state index contributed by atoms with van der Waals surface area (Å²) in [6.07, 6.45) is 5.11. The molecule has 0 fully saturated rings. The number of nitrogens with zero attached hydrogens (tertiary/aromatic N) is 2. The predicted octanol–water partition coefficient (Wildman–Crippen LogP) is 4.26. The molecule has 1 aromatic heterocycles. The van der Waals surface area contributed by atoms with Crippen molar-refractivity contribution in [3.8, 4) is 0 Å². The lowest BCUT2D eigenvalue weighted by molar-refractivity contribution is 0.0601. The van der Waals surface area contributed by atoms with Crippen LogP contribution in [0.4, 0.5) is 17.5 Å². The van der Waals surface area contributed by atoms with E-state index >= 15 is 0 Å². The molecule has 2 rings (SSSR count). The van der Waals surface area contributed by atoms with Crippen LogP contribution in [0.2, 0.25) is 5.02 Å². The number of aromatic nitrogens is 2. The van der Waals surface area contributed by atoms with Crippen LogP contribution in [0.1, 0.15) is 36.5 Å². The first kappa shape index (κ1) is 18.0. The normalized spacial score (nSPS) is 10.3. The quantitative estimate of drug-likeness (QED) is 0.548. The van der Waals surface area contributed by atoms with E-state index in [4.69, 9.17) is 16.3 Å². The van der Waals surface area contributed by atoms with Gasteiger partial charge in [0.2, 0.25) is 5.95 Å². The van der Waals surface area contributed by atoms with Gasteiger partial charge in [0.25, 0.3) is 0 Å². The summed E-state index contributed by atoms with van der Waals surface area (Å²) in [5.41, 5.74) is 0.945. The van der Waals surface area contributed by atoms with Gasteiger partial charge in [-0.2, -0.15) is 4.98 Å². The Labute approximate surface area is 146 Å². The summed E-state index contributed by atoms with van der Waals surface area (Å²) in [7, 11) is 1.33. The lowest BCUT2D eigenvalue weighted by Gasteiger charge is -2.10. The smallest absolute Gasteiger partial charge is 0.337 e. The molecule has 0 aliphatic carbocycles. The van der Waals surface area contributed by atoms with E-state index in [9.17, 15) is 4.79 Å². The van der Waals surface area contributed by atoms with Gasteiger partial charge in [0.1, 0.15) is 5.82 Å². The maximum Gasteiger partial charge on any atom is 0.337 e. The van der Waals surface area contributed by atoms with Crippen molar-refractivity contribution < 1.29 is 9.53 Å². The minimum Gasteiger partial charge on any atom is -0.465 e. The van der Waals surface area contributed by atoms with E-state index < -0.39 is 5.97 Å². The Balaban J connectivity index is 2.09. The highest BCUT2D eigenvalue weighted by Gasteiger charge is 2.10. The molecule has 24 heavy (non-hydrogen) atoms. The van der Waals surface area contributed by atoms with Crippen LogP contribution in [0, 0.1) is 0 Å². The largest absolute Gasteiger partial charge is 0.465 e. The van der Waals surface area contributed by atoms with Crippen molar-refractivity contribution in [3.05, 3.63) is 41.0 Å². The number of anilines is 3. The van der Waals surface area contributed by atoms with Gasteiger partial charge in [-0.25, -0.2) is 9.78 Å². The number of hydrogen-bond donors (Lipinski definition) is 2. The molecular formula is C17H21ClN4O2. The van der Waals surface area contributed by atoms with Gasteiger partial charge in [-0.3, -0.25) is 0 Å². The van der Waals surface area contributed by atoms with Crippen molar-refractivity contribution in [2.45, 2.75) is 26.2 Å². The average Bonchev–Trinajstić information content (AvgIpc) is 2.60. The zero-order chi connectivity index (χ0) is 17.4. The molecular weight excluding hydrogens is 328 g/mol. The molecule has 0 bridgehead atoms. The Kier molecular flexibility index (Phi) is 6.81. The fourth-order valence-corrected chi connectivity index (χ4v) is 2.26. The third kappa shape index (κ3) is 5.09. The van der Waals surface area contributed by atoms with Gasteiger partial charge in [-0.05, 0) is 30.7 Å². The molecule has 1 heterocycles. The Morgan fingerprint density at radius 2 is 2.12 bits per heavy atom. The minimum absolute atomic E-state index is 0.401. The molecule has 0 unspecified atom stereocenters. The summed E-state index contributed by atoms with van der Waals surface area (Å²) in [6.45, 7) is 3.03. The summed E-state index contributed by atoms with van der Waals surface area (Å²) in [6, 6.07) is 6.65. The topological polar surface area (TPSA) is 76.1 Å². The Bertz CT molecular complexity index is 694. The molecule has 0 aliphatic heterocycles. The second-order valence-electron chi connectivity index (χ2n) is 5.21. The summed E-state index contributed by atoms with van der Waals surface area (Å²) in [5, 5.41) is 6.76. The molecule has 0 amide bonds. The van der Waals surface area contributed by atoms with Crippen LogP contribution in [-0.2, 0) is 4.74 Å². The van der Waals surface area contributed by atoms with Gasteiger partial charge in [0, 0.05) is 12.7 Å². The number of methoxy groups -OCH3 is 1. The van der Waals surface area contributed by atoms with E-state index in [-0.39, 0.29) is 0 Å². The molecule has 0 atom stereocenters. The van der Waals surface area contributed by atoms with E-state index in [1.807, 2.05) is 6.07 Å². The third-order valence-electron chi connectivity index (χ3n) is 3.38. The molecule has 128 valence electrons. The first-order valence-electron chi connectivity index (χ1n) is 7.86. The number of nitrogens with one attached hydrogen (secondary N) is 2. The van der Waals surface area contributed by atoms with Crippen LogP contribution in [0.3, 0.4) is 0 Å². The molecule has 0 aliphatic rings. The van der Waals surface area contributed by atoms with Crippen LogP contribution >= 0.6 is 11.6 Å². The number of benzene rings is 1. The van der Waals surface area contributed by atoms with Crippen LogP contribution in [0.15, 0.2) is 30.5 Å². The summed E-state index contributed by atoms with van der Waals surface area (Å²) in [4.78, 5) is 20.2. The van der Waals surface area contributed by atoms with Gasteiger partial charge < -0.3 is 15.4 Å². The molecule has 1 aromatic carbocycles. The molecule has 0 saturated carbocycles. The van der Waals surface area contributed by atoms with E-state index in [2.05, 4.69) is 27.5 Å². The van der Waals surface area contributed by atoms with Gasteiger partial charge in [-0.1, -0.05) is 31.4 Å². The molecule has 0 spiro atoms. The molecule has 6 nitrogen and oxygen atoms in total. The number of unbranched alkanes of at least 4 members (excludes halogenated alkanes) is 2. The Morgan fingerprint density at radius 3 is 2.88 bits per heavy atom. The zero-order valence-corrected chi connectivity index (χ0v) is 14.6. The van der Waals surface area contributed by atoms with Crippen molar-refractivity contribution >= 4 is 35.0 Å². The monoisotopic (exact) mass is 348 g/mol. The summed E-state index contributed by atoms with van der Waals surface area (Å²) < 4.78 is 4.71. The highest BCUT2D eigenvalue weighted by atomic mass is 35.5. The van der Waals surface area contributed by atoms with Gasteiger partial charge >= 0.3 is 5.97 Å². The SMILES string of the molecule is CCCCCNc1ccnc(Nc2cc(C(=O)OC)ccc2Cl)n1. The molecule has 2 aromatic rings. The van der Waals surface area contributed by atoms with Gasteiger partial charge in [-0.15, -0.1) is 0 Å². The summed E-state index contributed by atoms with van der Waals surface area (Å²) >= 11 is 6.17. The van der Waals surface area contributed by atoms with Crippen molar-refractivity contribution in [1.29, 1.82) is 0 Å². The number of ether oxygens (including phenoxy) is 1. The van der Waals surface area contributed by atoms with Crippen LogP contribution < -0.4 is 10.6 Å². The van der Waals surface area contributed by atoms with Crippen molar-refractivity contribution in [1.82, 2.24) is 9.97 Å². The highest BCUT2D eigenvalue weighted by Crippen LogP contribution is 2.26. The maximum atomic E-state index is 11.6. The fraction of sp³-hybridized carbons (Fsp3) is 0.353. The molecule has 0 saturated heterocycles. The number of carbonyl (C=O) groups is 1. The maximum absolute atomic E-state index is 11.6. The van der Waals surface area contributed by atoms with E-state index in [0.717, 1.165) is 18.8 Å². The van der Waals surface area contributed by atoms with Crippen molar-refractivity contribution in [2.24, 2.45) is 0 Å². The first-order chi connectivity index (χ1) is 11.6. The minimum atomic E-state index is -0.429. The lowest BCUT2D eigenvalue weighted by Crippen LogP contribution is -2.06. The number of hydrogen-bond acceptors (Lipinski definition) is 6. The molecule has 7 heteroatoms. The van der Waals surface area contributed by atoms with Crippen LogP contribution in [0.25, 0.3) is 0 Å². The van der Waals surface area contributed by atoms with E-state index in [1.54, 1.807) is 24.4 Å². The zero-order valence-electron chi connectivity index (χ0n) is 13.8. The summed E-state index contributed by atoms with van der Waals surface area (Å²) in [5.74, 6) is 0.713. The number of halogens is 1. The van der Waals surface area contributed by atoms with Gasteiger partial charge in [0.15, 0.2) is 0 Å². The van der Waals surface area contributed by atoms with Gasteiger partial charge in [0.05, 0.1) is 23.4 Å². The number of esters is 1. The second kappa shape index (κ2) is 9.08. The standard InChI is InChI=1S/C17H21ClN4O2/c1-3-4-5-9-19-15-8-10-20-17(22-15)21-14-11-12(16(23)24-2)6-7-13(14)18/h6-8,10-11H,3-5,9H2,1-2H3,(H2,19,20,21,22). The Hall–Kier alpha value is -2.34. The number of rotatable bonds is 8. The van der Waals surface area contributed by atoms with Crippen molar-refractivity contribution in [2.75, 3.05) is 24.3 Å². The number of carbonyl (C=O) groups excluding carboxylic acids is 1. The van der Waals surface area contributed by atoms with E-state index in [1.165, 1.54) is 20.0 Å². The third-order valence-corrected chi connectivity index (χ3v) is 3.71. The molecule has 2 N–H and O–H groups in total. The fourth-order valence-electron chi connectivity index (χ4n) is 2.10.